The van der Waals surface area contributed by atoms with Gasteiger partial charge in [0.25, 0.3) is 0 Å². The van der Waals surface area contributed by atoms with Crippen molar-refractivity contribution in [3.8, 4) is 11.5 Å². The molecule has 0 radical (unpaired) electrons. The Morgan fingerprint density at radius 3 is 2.27 bits per heavy atom. The molecular formula is C25H18ClFO3. The molecule has 1 N–H and O–H groups in total. The Hall–Kier alpha value is -3.37. The number of hydrogen-bond acceptors (Lipinski definition) is 2. The lowest BCUT2D eigenvalue weighted by Gasteiger charge is -2.07. The molecular weight excluding hydrogens is 403 g/mol. The molecule has 3 nitrogen and oxygen atoms in total. The van der Waals surface area contributed by atoms with Crippen LogP contribution < -0.4 is 4.74 Å². The van der Waals surface area contributed by atoms with E-state index in [0.29, 0.717) is 27.7 Å². The Kier molecular flexibility index (Phi) is 5.42. The first-order chi connectivity index (χ1) is 14.4. The number of allylic oxidation sites excluding steroid dienone is 2. The van der Waals surface area contributed by atoms with Crippen molar-refractivity contribution in [1.82, 2.24) is 0 Å². The van der Waals surface area contributed by atoms with Gasteiger partial charge in [0.05, 0.1) is 6.42 Å². The smallest absolute Gasteiger partial charge is 0.307 e. The van der Waals surface area contributed by atoms with Crippen LogP contribution in [0, 0.1) is 5.82 Å². The van der Waals surface area contributed by atoms with Crippen LogP contribution in [0.2, 0.25) is 5.02 Å². The summed E-state index contributed by atoms with van der Waals surface area (Å²) in [6.45, 7) is 1.88. The minimum Gasteiger partial charge on any atom is -0.481 e. The van der Waals surface area contributed by atoms with Crippen LogP contribution in [0.4, 0.5) is 4.39 Å². The van der Waals surface area contributed by atoms with Gasteiger partial charge in [-0.3, -0.25) is 4.79 Å². The highest BCUT2D eigenvalue weighted by Gasteiger charge is 2.25. The fourth-order valence-electron chi connectivity index (χ4n) is 3.57. The Bertz CT molecular complexity index is 1180. The number of fused-ring (bicyclic) bond motifs is 1. The average Bonchev–Trinajstić information content (AvgIpc) is 2.96. The minimum atomic E-state index is -0.940. The Morgan fingerprint density at radius 1 is 1.00 bits per heavy atom. The number of halogens is 2. The zero-order chi connectivity index (χ0) is 21.3. The van der Waals surface area contributed by atoms with Crippen molar-refractivity contribution in [3.63, 3.8) is 0 Å². The van der Waals surface area contributed by atoms with E-state index < -0.39 is 5.97 Å². The Morgan fingerprint density at radius 2 is 1.63 bits per heavy atom. The standard InChI is InChI=1S/C25H18ClFO3/c1-15-22(21-11-6-18(27)13-24(21)23(15)14-25(28)29)12-16-2-7-19(8-3-16)30-20-9-4-17(26)5-10-20/h2-13H,14H2,1H3,(H,28,29)/b22-12+. The van der Waals surface area contributed by atoms with E-state index in [9.17, 15) is 14.3 Å². The van der Waals surface area contributed by atoms with Crippen molar-refractivity contribution in [2.45, 2.75) is 13.3 Å². The predicted octanol–water partition coefficient (Wildman–Crippen LogP) is 7.07. The SMILES string of the molecule is CC1=C(CC(=O)O)c2cc(F)ccc2/C1=C/c1ccc(Oc2ccc(Cl)cc2)cc1. The van der Waals surface area contributed by atoms with Crippen molar-refractivity contribution in [2.75, 3.05) is 0 Å². The second kappa shape index (κ2) is 8.17. The third kappa shape index (κ3) is 4.14. The monoisotopic (exact) mass is 420 g/mol. The maximum Gasteiger partial charge on any atom is 0.307 e. The third-order valence-electron chi connectivity index (χ3n) is 5.02. The topological polar surface area (TPSA) is 46.5 Å². The molecule has 0 atom stereocenters. The van der Waals surface area contributed by atoms with Gasteiger partial charge < -0.3 is 9.84 Å². The van der Waals surface area contributed by atoms with Crippen LogP contribution in [0.15, 0.2) is 72.3 Å². The molecule has 0 fully saturated rings. The van der Waals surface area contributed by atoms with Crippen LogP contribution in [0.25, 0.3) is 17.2 Å². The highest BCUT2D eigenvalue weighted by atomic mass is 35.5. The number of rotatable bonds is 5. The van der Waals surface area contributed by atoms with Gasteiger partial charge in [-0.15, -0.1) is 0 Å². The fourth-order valence-corrected chi connectivity index (χ4v) is 3.70. The van der Waals surface area contributed by atoms with E-state index in [1.807, 2.05) is 37.3 Å². The molecule has 0 aromatic heterocycles. The Labute approximate surface area is 178 Å². The molecule has 0 spiro atoms. The van der Waals surface area contributed by atoms with Crippen molar-refractivity contribution >= 4 is 34.8 Å². The summed E-state index contributed by atoms with van der Waals surface area (Å²) in [7, 11) is 0. The molecule has 0 saturated heterocycles. The van der Waals surface area contributed by atoms with Gasteiger partial charge in [0, 0.05) is 5.02 Å². The zero-order valence-electron chi connectivity index (χ0n) is 16.2. The molecule has 3 aromatic rings. The summed E-state index contributed by atoms with van der Waals surface area (Å²) in [4.78, 5) is 11.3. The summed E-state index contributed by atoms with van der Waals surface area (Å²) in [5, 5.41) is 9.91. The molecule has 0 heterocycles. The van der Waals surface area contributed by atoms with Gasteiger partial charge in [-0.2, -0.15) is 0 Å². The first kappa shape index (κ1) is 19.9. The van der Waals surface area contributed by atoms with E-state index in [1.54, 1.807) is 30.3 Å². The van der Waals surface area contributed by atoms with E-state index >= 15 is 0 Å². The van der Waals surface area contributed by atoms with E-state index in [1.165, 1.54) is 12.1 Å². The number of carboxylic acids is 1. The number of carboxylic acid groups (broad SMARTS) is 1. The van der Waals surface area contributed by atoms with Gasteiger partial charge in [-0.05, 0) is 94.9 Å². The quantitative estimate of drug-likeness (QED) is 0.480. The van der Waals surface area contributed by atoms with Crippen molar-refractivity contribution < 1.29 is 19.0 Å². The lowest BCUT2D eigenvalue weighted by molar-refractivity contribution is -0.135. The zero-order valence-corrected chi connectivity index (χ0v) is 16.9. The minimum absolute atomic E-state index is 0.145. The van der Waals surface area contributed by atoms with E-state index in [-0.39, 0.29) is 12.2 Å². The van der Waals surface area contributed by atoms with Gasteiger partial charge in [0.1, 0.15) is 17.3 Å². The second-order valence-corrected chi connectivity index (χ2v) is 7.48. The Balaban J connectivity index is 1.64. The van der Waals surface area contributed by atoms with E-state index in [4.69, 9.17) is 16.3 Å². The van der Waals surface area contributed by atoms with Gasteiger partial charge in [-0.1, -0.05) is 29.8 Å². The molecule has 4 rings (SSSR count). The highest BCUT2D eigenvalue weighted by Crippen LogP contribution is 2.43. The first-order valence-electron chi connectivity index (χ1n) is 9.38. The summed E-state index contributed by atoms with van der Waals surface area (Å²) < 4.78 is 19.6. The molecule has 0 aliphatic heterocycles. The predicted molar refractivity (Wildman–Crippen MR) is 117 cm³/mol. The molecule has 1 aliphatic carbocycles. The molecule has 1 aliphatic rings. The lowest BCUT2D eigenvalue weighted by atomic mass is 10.0. The molecule has 0 unspecified atom stereocenters. The fraction of sp³-hybridized carbons (Fsp3) is 0.0800. The largest absolute Gasteiger partial charge is 0.481 e. The maximum absolute atomic E-state index is 13.8. The average molecular weight is 421 g/mol. The number of ether oxygens (including phenoxy) is 1. The van der Waals surface area contributed by atoms with Crippen molar-refractivity contribution in [3.05, 3.63) is 99.8 Å². The van der Waals surface area contributed by atoms with Crippen LogP contribution in [0.3, 0.4) is 0 Å². The number of carbonyl (C=O) groups is 1. The van der Waals surface area contributed by atoms with Crippen LogP contribution in [-0.2, 0) is 4.79 Å². The normalized spacial score (nSPS) is 14.2. The van der Waals surface area contributed by atoms with Gasteiger partial charge in [0.2, 0.25) is 0 Å². The third-order valence-corrected chi connectivity index (χ3v) is 5.27. The van der Waals surface area contributed by atoms with Crippen LogP contribution >= 0.6 is 11.6 Å². The molecule has 0 amide bonds. The summed E-state index contributed by atoms with van der Waals surface area (Å²) >= 11 is 5.89. The summed E-state index contributed by atoms with van der Waals surface area (Å²) in [5.74, 6) is 0.0560. The molecule has 0 saturated carbocycles. The van der Waals surface area contributed by atoms with Crippen LogP contribution in [0.5, 0.6) is 11.5 Å². The molecule has 0 bridgehead atoms. The van der Waals surface area contributed by atoms with Gasteiger partial charge in [0.15, 0.2) is 0 Å². The molecule has 5 heteroatoms. The molecule has 30 heavy (non-hydrogen) atoms. The van der Waals surface area contributed by atoms with E-state index in [2.05, 4.69) is 0 Å². The number of benzene rings is 3. The lowest BCUT2D eigenvalue weighted by Crippen LogP contribution is -1.97. The molecule has 150 valence electrons. The number of hydrogen-bond donors (Lipinski definition) is 1. The van der Waals surface area contributed by atoms with Gasteiger partial charge >= 0.3 is 5.97 Å². The summed E-state index contributed by atoms with van der Waals surface area (Å²) in [5.41, 5.74) is 4.80. The first-order valence-corrected chi connectivity index (χ1v) is 9.76. The highest BCUT2D eigenvalue weighted by molar-refractivity contribution is 6.30. The van der Waals surface area contributed by atoms with Crippen molar-refractivity contribution in [1.29, 1.82) is 0 Å². The maximum atomic E-state index is 13.8. The molecule has 3 aromatic carbocycles. The van der Waals surface area contributed by atoms with E-state index in [0.717, 1.165) is 22.3 Å². The van der Waals surface area contributed by atoms with Gasteiger partial charge in [-0.25, -0.2) is 4.39 Å². The summed E-state index contributed by atoms with van der Waals surface area (Å²) in [6, 6.07) is 19.2. The number of aliphatic carboxylic acids is 1. The van der Waals surface area contributed by atoms with Crippen LogP contribution in [0.1, 0.15) is 30.0 Å². The van der Waals surface area contributed by atoms with Crippen molar-refractivity contribution in [2.24, 2.45) is 0 Å². The van der Waals surface area contributed by atoms with Crippen LogP contribution in [-0.4, -0.2) is 11.1 Å². The second-order valence-electron chi connectivity index (χ2n) is 7.05. The summed E-state index contributed by atoms with van der Waals surface area (Å²) in [6.07, 6.45) is 1.83.